The Morgan fingerprint density at radius 3 is 2.53 bits per heavy atom. The van der Waals surface area contributed by atoms with Crippen LogP contribution in [0.5, 0.6) is 0 Å². The number of aryl methyl sites for hydroxylation is 1. The van der Waals surface area contributed by atoms with Gasteiger partial charge in [0, 0.05) is 10.5 Å². The highest BCUT2D eigenvalue weighted by atomic mass is 79.9. The quantitative estimate of drug-likeness (QED) is 0.876. The van der Waals surface area contributed by atoms with Crippen LogP contribution in [0.3, 0.4) is 0 Å². The molecule has 0 unspecified atom stereocenters. The van der Waals surface area contributed by atoms with Crippen LogP contribution >= 0.6 is 15.9 Å². The number of rotatable bonds is 2. The second-order valence-electron chi connectivity index (χ2n) is 4.06. The van der Waals surface area contributed by atoms with E-state index < -0.39 is 17.5 Å². The van der Waals surface area contributed by atoms with E-state index in [1.165, 1.54) is 0 Å². The van der Waals surface area contributed by atoms with Crippen LogP contribution in [0.1, 0.15) is 15.9 Å². The Morgan fingerprint density at radius 1 is 1.16 bits per heavy atom. The number of anilines is 1. The van der Waals surface area contributed by atoms with Crippen molar-refractivity contribution >= 4 is 27.5 Å². The van der Waals surface area contributed by atoms with Crippen LogP contribution < -0.4 is 5.32 Å². The summed E-state index contributed by atoms with van der Waals surface area (Å²) < 4.78 is 26.9. The van der Waals surface area contributed by atoms with Gasteiger partial charge in [-0.2, -0.15) is 0 Å². The molecule has 5 heteroatoms. The average molecular weight is 326 g/mol. The van der Waals surface area contributed by atoms with Crippen molar-refractivity contribution < 1.29 is 13.6 Å². The zero-order chi connectivity index (χ0) is 14.0. The largest absolute Gasteiger partial charge is 0.321 e. The summed E-state index contributed by atoms with van der Waals surface area (Å²) in [5, 5.41) is 2.57. The normalized spacial score (nSPS) is 10.3. The molecule has 0 spiro atoms. The Bertz CT molecular complexity index is 643. The summed E-state index contributed by atoms with van der Waals surface area (Å²) in [6.07, 6.45) is 0. The molecule has 1 N–H and O–H groups in total. The minimum Gasteiger partial charge on any atom is -0.321 e. The smallest absolute Gasteiger partial charge is 0.258 e. The number of carbonyl (C=O) groups is 1. The molecule has 2 rings (SSSR count). The maximum absolute atomic E-state index is 13.5. The first-order valence-corrected chi connectivity index (χ1v) is 6.29. The van der Waals surface area contributed by atoms with Crippen molar-refractivity contribution in [1.29, 1.82) is 0 Å². The van der Waals surface area contributed by atoms with Gasteiger partial charge in [0.15, 0.2) is 0 Å². The van der Waals surface area contributed by atoms with E-state index in [4.69, 9.17) is 0 Å². The van der Waals surface area contributed by atoms with Crippen molar-refractivity contribution in [1.82, 2.24) is 0 Å². The second-order valence-corrected chi connectivity index (χ2v) is 4.92. The van der Waals surface area contributed by atoms with E-state index in [1.54, 1.807) is 6.07 Å². The van der Waals surface area contributed by atoms with Crippen molar-refractivity contribution in [2.45, 2.75) is 6.92 Å². The van der Waals surface area contributed by atoms with Gasteiger partial charge >= 0.3 is 0 Å². The number of hydrogen-bond donors (Lipinski definition) is 1. The SMILES string of the molecule is Cc1ccc(NC(=O)c2ccc(F)cc2F)c(Br)c1. The summed E-state index contributed by atoms with van der Waals surface area (Å²) in [5.41, 5.74) is 1.35. The first-order valence-electron chi connectivity index (χ1n) is 5.50. The Kier molecular flexibility index (Phi) is 3.95. The third-order valence-corrected chi connectivity index (χ3v) is 3.20. The van der Waals surface area contributed by atoms with Crippen LogP contribution in [0.2, 0.25) is 0 Å². The molecule has 19 heavy (non-hydrogen) atoms. The number of benzene rings is 2. The molecule has 2 aromatic carbocycles. The van der Waals surface area contributed by atoms with Crippen LogP contribution in [-0.2, 0) is 0 Å². The van der Waals surface area contributed by atoms with Gasteiger partial charge in [-0.1, -0.05) is 6.07 Å². The third-order valence-electron chi connectivity index (χ3n) is 2.55. The molecule has 98 valence electrons. The van der Waals surface area contributed by atoms with Crippen molar-refractivity contribution in [3.8, 4) is 0 Å². The van der Waals surface area contributed by atoms with Crippen molar-refractivity contribution in [2.75, 3.05) is 5.32 Å². The molecule has 2 nitrogen and oxygen atoms in total. The van der Waals surface area contributed by atoms with Gasteiger partial charge in [0.1, 0.15) is 11.6 Å². The van der Waals surface area contributed by atoms with Gasteiger partial charge in [-0.25, -0.2) is 8.78 Å². The number of nitrogens with one attached hydrogen (secondary N) is 1. The van der Waals surface area contributed by atoms with E-state index in [-0.39, 0.29) is 5.56 Å². The minimum absolute atomic E-state index is 0.200. The lowest BCUT2D eigenvalue weighted by molar-refractivity contribution is 0.102. The van der Waals surface area contributed by atoms with Gasteiger partial charge < -0.3 is 5.32 Å². The van der Waals surface area contributed by atoms with Crippen molar-refractivity contribution in [3.63, 3.8) is 0 Å². The van der Waals surface area contributed by atoms with Gasteiger partial charge in [-0.15, -0.1) is 0 Å². The molecule has 0 bridgehead atoms. The highest BCUT2D eigenvalue weighted by Crippen LogP contribution is 2.24. The monoisotopic (exact) mass is 325 g/mol. The maximum atomic E-state index is 13.5. The average Bonchev–Trinajstić information content (AvgIpc) is 2.32. The van der Waals surface area contributed by atoms with E-state index in [0.29, 0.717) is 16.2 Å². The Morgan fingerprint density at radius 2 is 1.89 bits per heavy atom. The molecule has 0 atom stereocenters. The van der Waals surface area contributed by atoms with Crippen LogP contribution in [0, 0.1) is 18.6 Å². The minimum atomic E-state index is -0.888. The lowest BCUT2D eigenvalue weighted by Crippen LogP contribution is -2.14. The predicted octanol–water partition coefficient (Wildman–Crippen LogP) is 4.29. The lowest BCUT2D eigenvalue weighted by Gasteiger charge is -2.08. The molecule has 2 aromatic rings. The zero-order valence-corrected chi connectivity index (χ0v) is 11.6. The first-order chi connectivity index (χ1) is 8.97. The molecular weight excluding hydrogens is 316 g/mol. The molecule has 0 aliphatic carbocycles. The highest BCUT2D eigenvalue weighted by Gasteiger charge is 2.13. The summed E-state index contributed by atoms with van der Waals surface area (Å²) in [6.45, 7) is 1.91. The van der Waals surface area contributed by atoms with Gasteiger partial charge in [-0.3, -0.25) is 4.79 Å². The molecule has 0 saturated carbocycles. The molecule has 0 saturated heterocycles. The van der Waals surface area contributed by atoms with Crippen molar-refractivity contribution in [2.24, 2.45) is 0 Å². The second kappa shape index (κ2) is 5.48. The Labute approximate surface area is 117 Å². The Hall–Kier alpha value is -1.75. The third kappa shape index (κ3) is 3.17. The number of hydrogen-bond acceptors (Lipinski definition) is 1. The van der Waals surface area contributed by atoms with Crippen molar-refractivity contribution in [3.05, 3.63) is 63.6 Å². The fourth-order valence-electron chi connectivity index (χ4n) is 1.58. The molecule has 0 aromatic heterocycles. The summed E-state index contributed by atoms with van der Waals surface area (Å²) in [7, 11) is 0. The maximum Gasteiger partial charge on any atom is 0.258 e. The molecule has 0 aliphatic rings. The molecule has 0 radical (unpaired) electrons. The van der Waals surface area contributed by atoms with Gasteiger partial charge in [-0.05, 0) is 52.7 Å². The first kappa shape index (κ1) is 13.7. The van der Waals surface area contributed by atoms with Gasteiger partial charge in [0.2, 0.25) is 0 Å². The fourth-order valence-corrected chi connectivity index (χ4v) is 2.18. The topological polar surface area (TPSA) is 29.1 Å². The summed E-state index contributed by atoms with van der Waals surface area (Å²) in [4.78, 5) is 11.9. The molecule has 0 heterocycles. The number of carbonyl (C=O) groups excluding carboxylic acids is 1. The zero-order valence-electron chi connectivity index (χ0n) is 10.0. The predicted molar refractivity (Wildman–Crippen MR) is 73.2 cm³/mol. The standard InChI is InChI=1S/C14H10BrF2NO/c1-8-2-5-13(11(15)6-8)18-14(19)10-4-3-9(16)7-12(10)17/h2-7H,1H3,(H,18,19). The van der Waals surface area contributed by atoms with E-state index >= 15 is 0 Å². The van der Waals surface area contributed by atoms with Crippen LogP contribution in [0.4, 0.5) is 14.5 Å². The summed E-state index contributed by atoms with van der Waals surface area (Å²) >= 11 is 3.31. The highest BCUT2D eigenvalue weighted by molar-refractivity contribution is 9.10. The summed E-state index contributed by atoms with van der Waals surface area (Å²) in [6, 6.07) is 8.19. The Balaban J connectivity index is 2.25. The molecule has 0 fully saturated rings. The molecular formula is C14H10BrF2NO. The van der Waals surface area contributed by atoms with Gasteiger partial charge in [0.25, 0.3) is 5.91 Å². The number of amides is 1. The summed E-state index contributed by atoms with van der Waals surface area (Å²) in [5.74, 6) is -2.23. The molecule has 0 aliphatic heterocycles. The van der Waals surface area contributed by atoms with E-state index in [1.807, 2.05) is 19.1 Å². The molecule has 1 amide bonds. The van der Waals surface area contributed by atoms with Crippen LogP contribution in [0.25, 0.3) is 0 Å². The van der Waals surface area contributed by atoms with E-state index in [9.17, 15) is 13.6 Å². The van der Waals surface area contributed by atoms with Crippen LogP contribution in [0.15, 0.2) is 40.9 Å². The number of halogens is 3. The van der Waals surface area contributed by atoms with E-state index in [0.717, 1.165) is 17.7 Å². The van der Waals surface area contributed by atoms with E-state index in [2.05, 4.69) is 21.2 Å². The van der Waals surface area contributed by atoms with Crippen LogP contribution in [-0.4, -0.2) is 5.91 Å². The fraction of sp³-hybridized carbons (Fsp3) is 0.0714. The van der Waals surface area contributed by atoms with Gasteiger partial charge in [0.05, 0.1) is 11.3 Å². The lowest BCUT2D eigenvalue weighted by atomic mass is 10.1.